The SMILES string of the molecule is CCCCCCc1cccc(O)c1C. The number of hydrogen-bond donors (Lipinski definition) is 1. The molecule has 0 aliphatic heterocycles. The second-order valence-electron chi connectivity index (χ2n) is 3.87. The number of phenolic OH excluding ortho intramolecular Hbond substituents is 1. The zero-order chi connectivity index (χ0) is 10.4. The number of aryl methyl sites for hydroxylation is 1. The van der Waals surface area contributed by atoms with Gasteiger partial charge in [-0.2, -0.15) is 0 Å². The maximum Gasteiger partial charge on any atom is 0.118 e. The van der Waals surface area contributed by atoms with Crippen LogP contribution in [-0.2, 0) is 6.42 Å². The van der Waals surface area contributed by atoms with Gasteiger partial charge in [0.2, 0.25) is 0 Å². The fourth-order valence-corrected chi connectivity index (χ4v) is 1.68. The summed E-state index contributed by atoms with van der Waals surface area (Å²) in [4.78, 5) is 0. The predicted octanol–water partition coefficient (Wildman–Crippen LogP) is 3.82. The molecule has 0 radical (unpaired) electrons. The molecule has 0 aliphatic carbocycles. The van der Waals surface area contributed by atoms with Crippen LogP contribution in [0.25, 0.3) is 0 Å². The zero-order valence-corrected chi connectivity index (χ0v) is 9.21. The number of phenols is 1. The second kappa shape index (κ2) is 5.69. The third kappa shape index (κ3) is 3.06. The van der Waals surface area contributed by atoms with Gasteiger partial charge in [0.1, 0.15) is 5.75 Å². The highest BCUT2D eigenvalue weighted by Gasteiger charge is 2.01. The van der Waals surface area contributed by atoms with Crippen LogP contribution in [0.4, 0.5) is 0 Å². The first-order chi connectivity index (χ1) is 6.75. The normalized spacial score (nSPS) is 10.4. The van der Waals surface area contributed by atoms with Gasteiger partial charge < -0.3 is 5.11 Å². The number of aromatic hydroxyl groups is 1. The molecule has 14 heavy (non-hydrogen) atoms. The third-order valence-corrected chi connectivity index (χ3v) is 2.72. The molecule has 0 heterocycles. The van der Waals surface area contributed by atoms with Crippen molar-refractivity contribution in [3.05, 3.63) is 29.3 Å². The summed E-state index contributed by atoms with van der Waals surface area (Å²) in [6, 6.07) is 5.80. The lowest BCUT2D eigenvalue weighted by atomic mass is 10.0. The number of benzene rings is 1. The van der Waals surface area contributed by atoms with Gasteiger partial charge in [0, 0.05) is 0 Å². The van der Waals surface area contributed by atoms with E-state index in [1.807, 2.05) is 13.0 Å². The molecule has 1 rings (SSSR count). The highest BCUT2D eigenvalue weighted by molar-refractivity contribution is 5.37. The molecule has 0 atom stereocenters. The van der Waals surface area contributed by atoms with Crippen molar-refractivity contribution < 1.29 is 5.11 Å². The maximum absolute atomic E-state index is 9.50. The van der Waals surface area contributed by atoms with E-state index in [0.717, 1.165) is 12.0 Å². The first-order valence-electron chi connectivity index (χ1n) is 5.53. The van der Waals surface area contributed by atoms with Crippen molar-refractivity contribution in [3.8, 4) is 5.75 Å². The summed E-state index contributed by atoms with van der Waals surface area (Å²) in [6.45, 7) is 4.21. The molecule has 1 heteroatoms. The van der Waals surface area contributed by atoms with Gasteiger partial charge >= 0.3 is 0 Å². The van der Waals surface area contributed by atoms with Gasteiger partial charge in [-0.05, 0) is 37.0 Å². The van der Waals surface area contributed by atoms with E-state index in [2.05, 4.69) is 13.0 Å². The summed E-state index contributed by atoms with van der Waals surface area (Å²) < 4.78 is 0. The van der Waals surface area contributed by atoms with E-state index in [1.165, 1.54) is 31.2 Å². The van der Waals surface area contributed by atoms with Crippen molar-refractivity contribution in [1.29, 1.82) is 0 Å². The minimum atomic E-state index is 0.429. The fourth-order valence-electron chi connectivity index (χ4n) is 1.68. The minimum Gasteiger partial charge on any atom is -0.508 e. The van der Waals surface area contributed by atoms with Crippen LogP contribution in [0.5, 0.6) is 5.75 Å². The average molecular weight is 192 g/mol. The molecule has 1 aromatic carbocycles. The van der Waals surface area contributed by atoms with Crippen molar-refractivity contribution in [3.63, 3.8) is 0 Å². The molecular weight excluding hydrogens is 172 g/mol. The Labute approximate surface area is 86.8 Å². The van der Waals surface area contributed by atoms with E-state index < -0.39 is 0 Å². The monoisotopic (exact) mass is 192 g/mol. The lowest BCUT2D eigenvalue weighted by molar-refractivity contribution is 0.470. The topological polar surface area (TPSA) is 20.2 Å². The van der Waals surface area contributed by atoms with Gasteiger partial charge in [0.05, 0.1) is 0 Å². The van der Waals surface area contributed by atoms with Crippen LogP contribution in [0, 0.1) is 6.92 Å². The largest absolute Gasteiger partial charge is 0.508 e. The smallest absolute Gasteiger partial charge is 0.118 e. The summed E-state index contributed by atoms with van der Waals surface area (Å²) in [5, 5.41) is 9.50. The molecule has 0 bridgehead atoms. The molecule has 1 N–H and O–H groups in total. The zero-order valence-electron chi connectivity index (χ0n) is 9.21. The lowest BCUT2D eigenvalue weighted by Crippen LogP contribution is -1.90. The molecule has 0 aliphatic rings. The number of hydrogen-bond acceptors (Lipinski definition) is 1. The maximum atomic E-state index is 9.50. The molecule has 0 saturated carbocycles. The molecule has 0 amide bonds. The first kappa shape index (κ1) is 11.1. The van der Waals surface area contributed by atoms with Gasteiger partial charge in [-0.1, -0.05) is 38.3 Å². The van der Waals surface area contributed by atoms with Crippen molar-refractivity contribution in [2.45, 2.75) is 46.0 Å². The molecule has 1 nitrogen and oxygen atoms in total. The van der Waals surface area contributed by atoms with Crippen molar-refractivity contribution in [1.82, 2.24) is 0 Å². The molecular formula is C13H20O. The number of unbranched alkanes of at least 4 members (excludes halogenated alkanes) is 3. The summed E-state index contributed by atoms with van der Waals surface area (Å²) in [7, 11) is 0. The Morgan fingerprint density at radius 3 is 2.64 bits per heavy atom. The summed E-state index contributed by atoms with van der Waals surface area (Å²) in [5.74, 6) is 0.429. The predicted molar refractivity (Wildman–Crippen MR) is 60.7 cm³/mol. The Hall–Kier alpha value is -0.980. The summed E-state index contributed by atoms with van der Waals surface area (Å²) in [6.07, 6.45) is 6.22. The van der Waals surface area contributed by atoms with E-state index in [-0.39, 0.29) is 0 Å². The summed E-state index contributed by atoms with van der Waals surface area (Å²) in [5.41, 5.74) is 2.34. The molecule has 0 aromatic heterocycles. The fraction of sp³-hybridized carbons (Fsp3) is 0.538. The van der Waals surface area contributed by atoms with E-state index in [9.17, 15) is 5.11 Å². The summed E-state index contributed by atoms with van der Waals surface area (Å²) >= 11 is 0. The van der Waals surface area contributed by atoms with E-state index in [1.54, 1.807) is 6.07 Å². The van der Waals surface area contributed by atoms with Crippen LogP contribution in [0.1, 0.15) is 43.7 Å². The van der Waals surface area contributed by atoms with E-state index in [4.69, 9.17) is 0 Å². The number of rotatable bonds is 5. The van der Waals surface area contributed by atoms with Crippen molar-refractivity contribution >= 4 is 0 Å². The van der Waals surface area contributed by atoms with Gasteiger partial charge in [-0.15, -0.1) is 0 Å². The van der Waals surface area contributed by atoms with Gasteiger partial charge in [0.25, 0.3) is 0 Å². The molecule has 1 aromatic rings. The van der Waals surface area contributed by atoms with Crippen molar-refractivity contribution in [2.75, 3.05) is 0 Å². The van der Waals surface area contributed by atoms with Crippen LogP contribution in [0.2, 0.25) is 0 Å². The standard InChI is InChI=1S/C13H20O/c1-3-4-5-6-8-12-9-7-10-13(14)11(12)2/h7,9-10,14H,3-6,8H2,1-2H3. The van der Waals surface area contributed by atoms with E-state index >= 15 is 0 Å². The van der Waals surface area contributed by atoms with Gasteiger partial charge in [-0.3, -0.25) is 0 Å². The van der Waals surface area contributed by atoms with Crippen LogP contribution in [0.3, 0.4) is 0 Å². The Balaban J connectivity index is 2.46. The third-order valence-electron chi connectivity index (χ3n) is 2.72. The van der Waals surface area contributed by atoms with Gasteiger partial charge in [0.15, 0.2) is 0 Å². The minimum absolute atomic E-state index is 0.429. The van der Waals surface area contributed by atoms with Crippen LogP contribution in [-0.4, -0.2) is 5.11 Å². The molecule has 78 valence electrons. The Morgan fingerprint density at radius 1 is 1.14 bits per heavy atom. The molecule has 0 spiro atoms. The molecule has 0 fully saturated rings. The van der Waals surface area contributed by atoms with Gasteiger partial charge in [-0.25, -0.2) is 0 Å². The Bertz CT molecular complexity index is 279. The van der Waals surface area contributed by atoms with Crippen LogP contribution < -0.4 is 0 Å². The molecule has 0 unspecified atom stereocenters. The average Bonchev–Trinajstić information content (AvgIpc) is 2.19. The molecule has 0 saturated heterocycles. The lowest BCUT2D eigenvalue weighted by Gasteiger charge is -2.06. The van der Waals surface area contributed by atoms with E-state index in [0.29, 0.717) is 5.75 Å². The highest BCUT2D eigenvalue weighted by atomic mass is 16.3. The quantitative estimate of drug-likeness (QED) is 0.703. The Kier molecular flexibility index (Phi) is 4.51. The second-order valence-corrected chi connectivity index (χ2v) is 3.87. The van der Waals surface area contributed by atoms with Crippen LogP contribution >= 0.6 is 0 Å². The Morgan fingerprint density at radius 2 is 1.93 bits per heavy atom. The highest BCUT2D eigenvalue weighted by Crippen LogP contribution is 2.21. The first-order valence-corrected chi connectivity index (χ1v) is 5.53. The van der Waals surface area contributed by atoms with Crippen LogP contribution in [0.15, 0.2) is 18.2 Å². The van der Waals surface area contributed by atoms with Crippen molar-refractivity contribution in [2.24, 2.45) is 0 Å².